The van der Waals surface area contributed by atoms with Crippen LogP contribution in [0.3, 0.4) is 0 Å². The standard InChI is InChI=1S/C15H18BFO4/c1-14(2)15(3,4)21-16(20-14)11-6-7-12(17)10(9-11)5-8-13(18)19/h5-9H,1-4H3,(H,18,19)/b8-5+. The summed E-state index contributed by atoms with van der Waals surface area (Å²) in [5.74, 6) is -1.62. The van der Waals surface area contributed by atoms with Gasteiger partial charge in [0, 0.05) is 11.6 Å². The molecule has 0 spiro atoms. The Balaban J connectivity index is 2.30. The lowest BCUT2D eigenvalue weighted by atomic mass is 9.78. The number of hydrogen-bond donors (Lipinski definition) is 1. The van der Waals surface area contributed by atoms with Crippen molar-refractivity contribution in [3.05, 3.63) is 35.7 Å². The topological polar surface area (TPSA) is 55.8 Å². The lowest BCUT2D eigenvalue weighted by Crippen LogP contribution is -2.41. The highest BCUT2D eigenvalue weighted by molar-refractivity contribution is 6.62. The summed E-state index contributed by atoms with van der Waals surface area (Å²) >= 11 is 0. The molecule has 1 saturated heterocycles. The Morgan fingerprint density at radius 3 is 2.33 bits per heavy atom. The minimum atomic E-state index is -1.13. The molecule has 0 atom stereocenters. The van der Waals surface area contributed by atoms with E-state index >= 15 is 0 Å². The van der Waals surface area contributed by atoms with E-state index in [9.17, 15) is 9.18 Å². The fourth-order valence-electron chi connectivity index (χ4n) is 1.98. The molecular formula is C15H18BFO4. The number of halogens is 1. The van der Waals surface area contributed by atoms with Gasteiger partial charge in [0.05, 0.1) is 11.2 Å². The molecule has 0 amide bonds. The van der Waals surface area contributed by atoms with Gasteiger partial charge in [-0.25, -0.2) is 9.18 Å². The fourth-order valence-corrected chi connectivity index (χ4v) is 1.98. The second-order valence-electron chi connectivity index (χ2n) is 6.04. The Kier molecular flexibility index (Phi) is 3.95. The van der Waals surface area contributed by atoms with Gasteiger partial charge < -0.3 is 14.4 Å². The molecule has 1 heterocycles. The summed E-state index contributed by atoms with van der Waals surface area (Å²) < 4.78 is 25.5. The van der Waals surface area contributed by atoms with Crippen LogP contribution >= 0.6 is 0 Å². The summed E-state index contributed by atoms with van der Waals surface area (Å²) in [5.41, 5.74) is -0.128. The molecule has 2 rings (SSSR count). The molecule has 0 bridgehead atoms. The minimum absolute atomic E-state index is 0.185. The van der Waals surface area contributed by atoms with E-state index in [0.29, 0.717) is 5.46 Å². The van der Waals surface area contributed by atoms with Gasteiger partial charge in [0.2, 0.25) is 0 Å². The van der Waals surface area contributed by atoms with Gasteiger partial charge in [-0.05, 0) is 45.3 Å². The van der Waals surface area contributed by atoms with Crippen molar-refractivity contribution in [2.45, 2.75) is 38.9 Å². The van der Waals surface area contributed by atoms with Crippen LogP contribution in [-0.2, 0) is 14.1 Å². The summed E-state index contributed by atoms with van der Waals surface area (Å²) in [6.07, 6.45) is 2.11. The minimum Gasteiger partial charge on any atom is -0.478 e. The number of hydrogen-bond acceptors (Lipinski definition) is 3. The van der Waals surface area contributed by atoms with Crippen molar-refractivity contribution in [1.29, 1.82) is 0 Å². The third-order valence-corrected chi connectivity index (χ3v) is 3.95. The second kappa shape index (κ2) is 5.28. The first-order valence-corrected chi connectivity index (χ1v) is 6.68. The van der Waals surface area contributed by atoms with Crippen molar-refractivity contribution in [3.63, 3.8) is 0 Å². The number of carboxylic acid groups (broad SMARTS) is 1. The molecule has 1 aromatic carbocycles. The van der Waals surface area contributed by atoms with Gasteiger partial charge in [-0.3, -0.25) is 0 Å². The fraction of sp³-hybridized carbons (Fsp3) is 0.400. The molecular weight excluding hydrogens is 274 g/mol. The predicted molar refractivity (Wildman–Crippen MR) is 78.8 cm³/mol. The van der Waals surface area contributed by atoms with E-state index in [-0.39, 0.29) is 5.56 Å². The first kappa shape index (κ1) is 15.7. The molecule has 6 heteroatoms. The summed E-state index contributed by atoms with van der Waals surface area (Å²) in [7, 11) is -0.604. The number of aliphatic carboxylic acids is 1. The third kappa shape index (κ3) is 3.17. The molecule has 0 radical (unpaired) electrons. The van der Waals surface area contributed by atoms with Crippen molar-refractivity contribution in [3.8, 4) is 0 Å². The molecule has 1 fully saturated rings. The van der Waals surface area contributed by atoms with Gasteiger partial charge in [0.25, 0.3) is 0 Å². The molecule has 0 saturated carbocycles. The van der Waals surface area contributed by atoms with Gasteiger partial charge in [0.15, 0.2) is 0 Å². The van der Waals surface area contributed by atoms with Crippen LogP contribution in [-0.4, -0.2) is 29.4 Å². The van der Waals surface area contributed by atoms with Crippen molar-refractivity contribution in [2.24, 2.45) is 0 Å². The molecule has 21 heavy (non-hydrogen) atoms. The van der Waals surface area contributed by atoms with E-state index in [1.807, 2.05) is 27.7 Å². The van der Waals surface area contributed by atoms with Crippen LogP contribution in [0.25, 0.3) is 6.08 Å². The zero-order chi connectivity index (χ0) is 15.8. The maximum atomic E-state index is 13.7. The molecule has 1 aromatic rings. The molecule has 1 N–H and O–H groups in total. The Morgan fingerprint density at radius 2 is 1.81 bits per heavy atom. The number of carbonyl (C=O) groups is 1. The first-order valence-electron chi connectivity index (χ1n) is 6.68. The van der Waals surface area contributed by atoms with Crippen LogP contribution in [0.5, 0.6) is 0 Å². The molecule has 0 aliphatic carbocycles. The van der Waals surface area contributed by atoms with Gasteiger partial charge in [-0.2, -0.15) is 0 Å². The lowest BCUT2D eigenvalue weighted by molar-refractivity contribution is -0.131. The van der Waals surface area contributed by atoms with Crippen molar-refractivity contribution in [1.82, 2.24) is 0 Å². The largest absolute Gasteiger partial charge is 0.494 e. The quantitative estimate of drug-likeness (QED) is 0.685. The van der Waals surface area contributed by atoms with E-state index in [1.165, 1.54) is 18.2 Å². The third-order valence-electron chi connectivity index (χ3n) is 3.95. The van der Waals surface area contributed by atoms with E-state index < -0.39 is 30.1 Å². The van der Waals surface area contributed by atoms with E-state index in [2.05, 4.69) is 0 Å². The van der Waals surface area contributed by atoms with Crippen LogP contribution in [0.4, 0.5) is 4.39 Å². The molecule has 112 valence electrons. The average Bonchev–Trinajstić information content (AvgIpc) is 2.57. The Bertz CT molecular complexity index is 579. The normalized spacial score (nSPS) is 20.1. The van der Waals surface area contributed by atoms with Gasteiger partial charge >= 0.3 is 13.1 Å². The van der Waals surface area contributed by atoms with Crippen molar-refractivity contribution < 1.29 is 23.6 Å². The Labute approximate surface area is 123 Å². The smallest absolute Gasteiger partial charge is 0.478 e. The van der Waals surface area contributed by atoms with Gasteiger partial charge in [-0.1, -0.05) is 12.1 Å². The maximum Gasteiger partial charge on any atom is 0.494 e. The highest BCUT2D eigenvalue weighted by atomic mass is 19.1. The molecule has 1 aliphatic rings. The van der Waals surface area contributed by atoms with E-state index in [1.54, 1.807) is 6.07 Å². The van der Waals surface area contributed by atoms with E-state index in [0.717, 1.165) is 6.08 Å². The van der Waals surface area contributed by atoms with Crippen LogP contribution < -0.4 is 5.46 Å². The number of benzene rings is 1. The maximum absolute atomic E-state index is 13.7. The molecule has 4 nitrogen and oxygen atoms in total. The first-order chi connectivity index (χ1) is 9.62. The SMILES string of the molecule is CC1(C)OB(c2ccc(F)c(/C=C/C(=O)O)c2)OC1(C)C. The molecule has 0 aromatic heterocycles. The van der Waals surface area contributed by atoms with Crippen LogP contribution in [0.15, 0.2) is 24.3 Å². The Morgan fingerprint density at radius 1 is 1.24 bits per heavy atom. The highest BCUT2D eigenvalue weighted by Gasteiger charge is 2.51. The zero-order valence-electron chi connectivity index (χ0n) is 12.5. The second-order valence-corrected chi connectivity index (χ2v) is 6.04. The van der Waals surface area contributed by atoms with Gasteiger partial charge in [-0.15, -0.1) is 0 Å². The number of rotatable bonds is 3. The average molecular weight is 292 g/mol. The highest BCUT2D eigenvalue weighted by Crippen LogP contribution is 2.36. The lowest BCUT2D eigenvalue weighted by Gasteiger charge is -2.32. The predicted octanol–water partition coefficient (Wildman–Crippen LogP) is 2.22. The monoisotopic (exact) mass is 292 g/mol. The van der Waals surface area contributed by atoms with Crippen LogP contribution in [0, 0.1) is 5.82 Å². The van der Waals surface area contributed by atoms with Crippen LogP contribution in [0.1, 0.15) is 33.3 Å². The van der Waals surface area contributed by atoms with Crippen molar-refractivity contribution >= 4 is 24.6 Å². The summed E-state index contributed by atoms with van der Waals surface area (Å²) in [4.78, 5) is 10.5. The molecule has 1 aliphatic heterocycles. The van der Waals surface area contributed by atoms with Gasteiger partial charge in [0.1, 0.15) is 5.82 Å². The summed E-state index contributed by atoms with van der Waals surface area (Å²) in [6, 6.07) is 4.40. The van der Waals surface area contributed by atoms with Crippen LogP contribution in [0.2, 0.25) is 0 Å². The van der Waals surface area contributed by atoms with Crippen molar-refractivity contribution in [2.75, 3.05) is 0 Å². The summed E-state index contributed by atoms with van der Waals surface area (Å²) in [5, 5.41) is 8.63. The number of carboxylic acids is 1. The Hall–Kier alpha value is -1.66. The van der Waals surface area contributed by atoms with E-state index in [4.69, 9.17) is 14.4 Å². The zero-order valence-corrected chi connectivity index (χ0v) is 12.5. The summed E-state index contributed by atoms with van der Waals surface area (Å²) in [6.45, 7) is 7.73. The molecule has 0 unspecified atom stereocenters.